The molecular formula is C24H28N4O4. The summed E-state index contributed by atoms with van der Waals surface area (Å²) in [5.74, 6) is -0.652. The largest absolute Gasteiger partial charge is 0.464 e. The molecule has 1 fully saturated rings. The van der Waals surface area contributed by atoms with E-state index in [2.05, 4.69) is 15.6 Å². The van der Waals surface area contributed by atoms with Crippen molar-refractivity contribution in [3.05, 3.63) is 53.9 Å². The molecule has 3 N–H and O–H groups in total. The minimum Gasteiger partial charge on any atom is -0.464 e. The number of aliphatic hydroxyl groups excluding tert-OH is 1. The van der Waals surface area contributed by atoms with Crippen molar-refractivity contribution >= 4 is 34.3 Å². The third-order valence-electron chi connectivity index (χ3n) is 5.63. The maximum atomic E-state index is 12.9. The Morgan fingerprint density at radius 1 is 1.28 bits per heavy atom. The van der Waals surface area contributed by atoms with E-state index in [1.165, 1.54) is 7.11 Å². The van der Waals surface area contributed by atoms with E-state index in [1.807, 2.05) is 43.3 Å². The number of ether oxygens (including phenoxy) is 1. The molecule has 1 aromatic carbocycles. The van der Waals surface area contributed by atoms with Crippen molar-refractivity contribution in [3.8, 4) is 0 Å². The molecule has 1 atom stereocenters. The van der Waals surface area contributed by atoms with Gasteiger partial charge in [0.1, 0.15) is 5.65 Å². The van der Waals surface area contributed by atoms with Gasteiger partial charge in [-0.2, -0.15) is 0 Å². The van der Waals surface area contributed by atoms with Crippen LogP contribution in [0.1, 0.15) is 42.2 Å². The van der Waals surface area contributed by atoms with E-state index in [0.29, 0.717) is 29.7 Å². The number of esters is 1. The minimum absolute atomic E-state index is 0.0214. The van der Waals surface area contributed by atoms with E-state index in [9.17, 15) is 14.7 Å². The third kappa shape index (κ3) is 4.60. The summed E-state index contributed by atoms with van der Waals surface area (Å²) < 4.78 is 6.88. The molecule has 168 valence electrons. The van der Waals surface area contributed by atoms with Crippen LogP contribution < -0.4 is 10.6 Å². The van der Waals surface area contributed by atoms with Gasteiger partial charge in [-0.3, -0.25) is 4.79 Å². The summed E-state index contributed by atoms with van der Waals surface area (Å²) in [5, 5.41) is 16.1. The molecule has 2 aromatic heterocycles. The summed E-state index contributed by atoms with van der Waals surface area (Å²) in [6, 6.07) is 11.7. The number of pyridine rings is 1. The number of anilines is 2. The van der Waals surface area contributed by atoms with Gasteiger partial charge in [0.05, 0.1) is 24.7 Å². The molecular weight excluding hydrogens is 408 g/mol. The second-order valence-corrected chi connectivity index (χ2v) is 8.20. The molecule has 1 saturated carbocycles. The molecule has 0 aliphatic heterocycles. The van der Waals surface area contributed by atoms with Crippen LogP contribution in [0.5, 0.6) is 0 Å². The van der Waals surface area contributed by atoms with Crippen LogP contribution in [0, 0.1) is 5.92 Å². The van der Waals surface area contributed by atoms with E-state index in [4.69, 9.17) is 4.74 Å². The van der Waals surface area contributed by atoms with Crippen molar-refractivity contribution in [1.29, 1.82) is 0 Å². The first-order valence-corrected chi connectivity index (χ1v) is 10.8. The maximum Gasteiger partial charge on any atom is 0.356 e. The van der Waals surface area contributed by atoms with E-state index in [0.717, 1.165) is 24.1 Å². The topological polar surface area (TPSA) is 105 Å². The Kier molecular flexibility index (Phi) is 6.41. The zero-order chi connectivity index (χ0) is 22.7. The summed E-state index contributed by atoms with van der Waals surface area (Å²) in [7, 11) is 1.33. The molecule has 0 spiro atoms. The van der Waals surface area contributed by atoms with Crippen LogP contribution in [-0.4, -0.2) is 46.3 Å². The first kappa shape index (κ1) is 21.8. The molecule has 1 amide bonds. The van der Waals surface area contributed by atoms with Crippen LogP contribution >= 0.6 is 0 Å². The van der Waals surface area contributed by atoms with Gasteiger partial charge in [0, 0.05) is 30.5 Å². The molecule has 32 heavy (non-hydrogen) atoms. The van der Waals surface area contributed by atoms with Gasteiger partial charge in [-0.15, -0.1) is 0 Å². The molecule has 1 aliphatic rings. The molecule has 1 aliphatic carbocycles. The van der Waals surface area contributed by atoms with Gasteiger partial charge in [0.15, 0.2) is 5.69 Å². The molecule has 1 unspecified atom stereocenters. The number of aliphatic hydroxyl groups is 1. The van der Waals surface area contributed by atoms with Gasteiger partial charge in [-0.25, -0.2) is 9.78 Å². The molecule has 4 rings (SSSR count). The Bertz CT molecular complexity index is 1120. The summed E-state index contributed by atoms with van der Waals surface area (Å²) in [5.41, 5.74) is 3.02. The fourth-order valence-corrected chi connectivity index (χ4v) is 3.78. The number of benzene rings is 1. The monoisotopic (exact) mass is 436 g/mol. The number of aromatic nitrogens is 2. The number of nitrogens with zero attached hydrogens (tertiary/aromatic N) is 2. The predicted octanol–water partition coefficient (Wildman–Crippen LogP) is 3.40. The SMILES string of the molecule is COC(=O)c1c(NC(=O)C2CC2)c2cc(NC(C)CCO)cnc2n1Cc1ccccc1. The second-order valence-electron chi connectivity index (χ2n) is 8.20. The van der Waals surface area contributed by atoms with Gasteiger partial charge < -0.3 is 25.0 Å². The van der Waals surface area contributed by atoms with Crippen molar-refractivity contribution < 1.29 is 19.4 Å². The van der Waals surface area contributed by atoms with Gasteiger partial charge in [0.25, 0.3) is 0 Å². The summed E-state index contributed by atoms with van der Waals surface area (Å²) in [6.45, 7) is 2.45. The third-order valence-corrected chi connectivity index (χ3v) is 5.63. The number of carbonyl (C=O) groups excluding carboxylic acids is 2. The molecule has 0 saturated heterocycles. The van der Waals surface area contributed by atoms with Crippen molar-refractivity contribution in [3.63, 3.8) is 0 Å². The Morgan fingerprint density at radius 2 is 2.03 bits per heavy atom. The lowest BCUT2D eigenvalue weighted by atomic mass is 10.2. The second kappa shape index (κ2) is 9.40. The van der Waals surface area contributed by atoms with E-state index >= 15 is 0 Å². The fourth-order valence-electron chi connectivity index (χ4n) is 3.78. The van der Waals surface area contributed by atoms with Crippen molar-refractivity contribution in [2.75, 3.05) is 24.4 Å². The Hall–Kier alpha value is -3.39. The maximum absolute atomic E-state index is 12.9. The summed E-state index contributed by atoms with van der Waals surface area (Å²) in [6.07, 6.45) is 3.99. The lowest BCUT2D eigenvalue weighted by Crippen LogP contribution is -2.18. The molecule has 0 bridgehead atoms. The Morgan fingerprint density at radius 3 is 2.69 bits per heavy atom. The highest BCUT2D eigenvalue weighted by atomic mass is 16.5. The number of hydrogen-bond donors (Lipinski definition) is 3. The first-order chi connectivity index (χ1) is 15.5. The molecule has 8 nitrogen and oxygen atoms in total. The van der Waals surface area contributed by atoms with Crippen molar-refractivity contribution in [1.82, 2.24) is 9.55 Å². The van der Waals surface area contributed by atoms with Crippen LogP contribution in [0.3, 0.4) is 0 Å². The lowest BCUT2D eigenvalue weighted by molar-refractivity contribution is -0.117. The Labute approximate surface area is 186 Å². The van der Waals surface area contributed by atoms with Crippen LogP contribution in [0.4, 0.5) is 11.4 Å². The normalized spacial score (nSPS) is 14.2. The summed E-state index contributed by atoms with van der Waals surface area (Å²) in [4.78, 5) is 30.2. The zero-order valence-corrected chi connectivity index (χ0v) is 18.3. The van der Waals surface area contributed by atoms with Gasteiger partial charge in [-0.1, -0.05) is 30.3 Å². The molecule has 3 aromatic rings. The van der Waals surface area contributed by atoms with Gasteiger partial charge in [0.2, 0.25) is 5.91 Å². The van der Waals surface area contributed by atoms with Crippen molar-refractivity contribution in [2.45, 2.75) is 38.8 Å². The number of rotatable bonds is 9. The van der Waals surface area contributed by atoms with Gasteiger partial charge in [-0.05, 0) is 37.8 Å². The smallest absolute Gasteiger partial charge is 0.356 e. The Balaban J connectivity index is 1.85. The highest BCUT2D eigenvalue weighted by Crippen LogP contribution is 2.36. The fraction of sp³-hybridized carbons (Fsp3) is 0.375. The average molecular weight is 437 g/mol. The van der Waals surface area contributed by atoms with E-state index in [-0.39, 0.29) is 30.2 Å². The quantitative estimate of drug-likeness (QED) is 0.444. The molecule has 2 heterocycles. The van der Waals surface area contributed by atoms with Crippen molar-refractivity contribution in [2.24, 2.45) is 5.92 Å². The minimum atomic E-state index is -0.534. The number of methoxy groups -OCH3 is 1. The summed E-state index contributed by atoms with van der Waals surface area (Å²) >= 11 is 0. The number of amides is 1. The number of nitrogens with one attached hydrogen (secondary N) is 2. The molecule has 0 radical (unpaired) electrons. The molecule has 8 heteroatoms. The highest BCUT2D eigenvalue weighted by Gasteiger charge is 2.33. The average Bonchev–Trinajstić information content (AvgIpc) is 3.60. The highest BCUT2D eigenvalue weighted by molar-refractivity contribution is 6.11. The first-order valence-electron chi connectivity index (χ1n) is 10.8. The lowest BCUT2D eigenvalue weighted by Gasteiger charge is -2.14. The van der Waals surface area contributed by atoms with Crippen LogP contribution in [0.15, 0.2) is 42.6 Å². The number of hydrogen-bond acceptors (Lipinski definition) is 6. The standard InChI is InChI=1S/C24H28N4O4/c1-15(10-11-29)26-18-12-19-20(27-23(30)17-8-9-17)21(24(31)32-2)28(22(19)25-13-18)14-16-6-4-3-5-7-16/h3-7,12-13,15,17,26,29H,8-11,14H2,1-2H3,(H,27,30). The zero-order valence-electron chi connectivity index (χ0n) is 18.3. The predicted molar refractivity (Wildman–Crippen MR) is 123 cm³/mol. The van der Waals surface area contributed by atoms with Gasteiger partial charge >= 0.3 is 5.97 Å². The van der Waals surface area contributed by atoms with Crippen LogP contribution in [0.2, 0.25) is 0 Å². The van der Waals surface area contributed by atoms with Crippen LogP contribution in [0.25, 0.3) is 11.0 Å². The number of fused-ring (bicyclic) bond motifs is 1. The van der Waals surface area contributed by atoms with E-state index in [1.54, 1.807) is 10.8 Å². The number of carbonyl (C=O) groups is 2. The van der Waals surface area contributed by atoms with E-state index < -0.39 is 5.97 Å². The van der Waals surface area contributed by atoms with Crippen LogP contribution in [-0.2, 0) is 16.1 Å².